The van der Waals surface area contributed by atoms with Crippen LogP contribution < -0.4 is 5.32 Å². The molecule has 0 aliphatic rings. The summed E-state index contributed by atoms with van der Waals surface area (Å²) < 4.78 is 39.9. The highest BCUT2D eigenvalue weighted by Gasteiger charge is 2.38. The molecular formula is C20H19F3N4OS. The third kappa shape index (κ3) is 4.97. The average Bonchev–Trinajstić information content (AvgIpc) is 3.00. The van der Waals surface area contributed by atoms with Gasteiger partial charge in [0.1, 0.15) is 5.25 Å². The van der Waals surface area contributed by atoms with E-state index in [0.717, 1.165) is 27.5 Å². The van der Waals surface area contributed by atoms with Crippen molar-refractivity contribution in [2.24, 2.45) is 7.05 Å². The molecule has 0 saturated carbocycles. The number of benzene rings is 2. The number of nitrogens with zero attached hydrogens (tertiary/aromatic N) is 3. The fraction of sp³-hybridized carbons (Fsp3) is 0.250. The Kier molecular flexibility index (Phi) is 5.97. The first-order valence-corrected chi connectivity index (χ1v) is 9.60. The van der Waals surface area contributed by atoms with Crippen LogP contribution in [0.5, 0.6) is 0 Å². The van der Waals surface area contributed by atoms with Crippen molar-refractivity contribution in [3.8, 4) is 0 Å². The molecule has 1 N–H and O–H groups in total. The van der Waals surface area contributed by atoms with Crippen molar-refractivity contribution >= 4 is 23.4 Å². The van der Waals surface area contributed by atoms with E-state index in [2.05, 4.69) is 15.5 Å². The molecule has 1 amide bonds. The van der Waals surface area contributed by atoms with Gasteiger partial charge >= 0.3 is 6.18 Å². The topological polar surface area (TPSA) is 59.8 Å². The fourth-order valence-corrected chi connectivity index (χ4v) is 3.93. The number of hydrogen-bond donors (Lipinski definition) is 1. The summed E-state index contributed by atoms with van der Waals surface area (Å²) in [6.07, 6.45) is -4.62. The third-order valence-corrected chi connectivity index (χ3v) is 5.43. The Labute approximate surface area is 170 Å². The maximum absolute atomic E-state index is 13.0. The monoisotopic (exact) mass is 420 g/mol. The molecule has 0 fully saturated rings. The van der Waals surface area contributed by atoms with E-state index in [0.29, 0.717) is 11.3 Å². The van der Waals surface area contributed by atoms with Gasteiger partial charge in [0.25, 0.3) is 0 Å². The van der Waals surface area contributed by atoms with E-state index in [1.54, 1.807) is 30.3 Å². The summed E-state index contributed by atoms with van der Waals surface area (Å²) in [6, 6.07) is 14.5. The van der Waals surface area contributed by atoms with Gasteiger partial charge in [0, 0.05) is 12.7 Å². The number of alkyl halides is 3. The standard InChI is InChI=1S/C20H19F3N4OS/c1-12-9-13(2)11-15(10-12)24-17(28)16(14-7-5-4-6-8-14)29-19-26-25-18(27(19)3)20(21,22)23/h4-11,16H,1-3H3,(H,24,28). The van der Waals surface area contributed by atoms with Crippen LogP contribution in [0.3, 0.4) is 0 Å². The van der Waals surface area contributed by atoms with Crippen molar-refractivity contribution < 1.29 is 18.0 Å². The van der Waals surface area contributed by atoms with Crippen molar-refractivity contribution in [2.45, 2.75) is 30.4 Å². The van der Waals surface area contributed by atoms with Gasteiger partial charge in [-0.15, -0.1) is 10.2 Å². The minimum Gasteiger partial charge on any atom is -0.325 e. The number of aromatic nitrogens is 3. The number of amides is 1. The maximum atomic E-state index is 13.0. The van der Waals surface area contributed by atoms with Crippen LogP contribution in [0.25, 0.3) is 0 Å². The zero-order valence-corrected chi connectivity index (χ0v) is 16.8. The van der Waals surface area contributed by atoms with E-state index < -0.39 is 17.3 Å². The molecule has 9 heteroatoms. The highest BCUT2D eigenvalue weighted by atomic mass is 32.2. The summed E-state index contributed by atoms with van der Waals surface area (Å²) >= 11 is 0.918. The first-order valence-electron chi connectivity index (χ1n) is 8.72. The van der Waals surface area contributed by atoms with Crippen molar-refractivity contribution in [2.75, 3.05) is 5.32 Å². The normalized spacial score (nSPS) is 12.6. The second-order valence-corrected chi connectivity index (χ2v) is 7.71. The van der Waals surface area contributed by atoms with Crippen LogP contribution in [-0.4, -0.2) is 20.7 Å². The second kappa shape index (κ2) is 8.28. The number of anilines is 1. The zero-order chi connectivity index (χ0) is 21.2. The summed E-state index contributed by atoms with van der Waals surface area (Å²) in [4.78, 5) is 13.0. The molecule has 3 aromatic rings. The van der Waals surface area contributed by atoms with E-state index in [1.807, 2.05) is 32.0 Å². The first kappa shape index (κ1) is 20.9. The molecule has 0 radical (unpaired) electrons. The van der Waals surface area contributed by atoms with Crippen LogP contribution in [0.4, 0.5) is 18.9 Å². The molecular weight excluding hydrogens is 401 g/mol. The lowest BCUT2D eigenvalue weighted by molar-refractivity contribution is -0.147. The van der Waals surface area contributed by atoms with E-state index in [-0.39, 0.29) is 11.1 Å². The highest BCUT2D eigenvalue weighted by Crippen LogP contribution is 2.37. The van der Waals surface area contributed by atoms with Crippen molar-refractivity contribution in [3.63, 3.8) is 0 Å². The van der Waals surface area contributed by atoms with Gasteiger partial charge in [-0.2, -0.15) is 13.2 Å². The average molecular weight is 420 g/mol. The smallest absolute Gasteiger partial charge is 0.325 e. The van der Waals surface area contributed by atoms with Gasteiger partial charge in [-0.3, -0.25) is 4.79 Å². The molecule has 1 unspecified atom stereocenters. The van der Waals surface area contributed by atoms with Gasteiger partial charge in [0.05, 0.1) is 0 Å². The van der Waals surface area contributed by atoms with Crippen LogP contribution in [0.15, 0.2) is 53.7 Å². The number of halogens is 3. The van der Waals surface area contributed by atoms with Gasteiger partial charge in [-0.05, 0) is 42.7 Å². The second-order valence-electron chi connectivity index (χ2n) is 6.64. The zero-order valence-electron chi connectivity index (χ0n) is 16.0. The van der Waals surface area contributed by atoms with Gasteiger partial charge < -0.3 is 9.88 Å². The Hall–Kier alpha value is -2.81. The Morgan fingerprint density at radius 2 is 1.69 bits per heavy atom. The number of carbonyl (C=O) groups excluding carboxylic acids is 1. The summed E-state index contributed by atoms with van der Waals surface area (Å²) in [5.74, 6) is -1.47. The SMILES string of the molecule is Cc1cc(C)cc(NC(=O)C(Sc2nnc(C(F)(F)F)n2C)c2ccccc2)c1. The lowest BCUT2D eigenvalue weighted by Gasteiger charge is -2.17. The minimum atomic E-state index is -4.62. The Morgan fingerprint density at radius 3 is 2.24 bits per heavy atom. The van der Waals surface area contributed by atoms with Crippen molar-refractivity contribution in [1.82, 2.24) is 14.8 Å². The largest absolute Gasteiger partial charge is 0.451 e. The summed E-state index contributed by atoms with van der Waals surface area (Å²) in [5, 5.41) is 8.93. The summed E-state index contributed by atoms with van der Waals surface area (Å²) in [5.41, 5.74) is 3.26. The Balaban J connectivity index is 1.92. The van der Waals surface area contributed by atoms with Crippen LogP contribution >= 0.6 is 11.8 Å². The number of aryl methyl sites for hydroxylation is 2. The van der Waals surface area contributed by atoms with Crippen LogP contribution in [-0.2, 0) is 18.0 Å². The molecule has 0 aliphatic heterocycles. The van der Waals surface area contributed by atoms with Crippen LogP contribution in [0.2, 0.25) is 0 Å². The first-order chi connectivity index (χ1) is 13.6. The van der Waals surface area contributed by atoms with E-state index in [4.69, 9.17) is 0 Å². The minimum absolute atomic E-state index is 0.00162. The lowest BCUT2D eigenvalue weighted by Crippen LogP contribution is -2.20. The predicted octanol–water partition coefficient (Wildman–Crippen LogP) is 4.92. The fourth-order valence-electron chi connectivity index (χ4n) is 2.93. The molecule has 29 heavy (non-hydrogen) atoms. The molecule has 0 saturated heterocycles. The van der Waals surface area contributed by atoms with Gasteiger partial charge in [0.15, 0.2) is 5.16 Å². The number of nitrogens with one attached hydrogen (secondary N) is 1. The lowest BCUT2D eigenvalue weighted by atomic mass is 10.1. The van der Waals surface area contributed by atoms with Crippen LogP contribution in [0, 0.1) is 13.8 Å². The molecule has 1 aromatic heterocycles. The summed E-state index contributed by atoms with van der Waals surface area (Å²) in [7, 11) is 1.23. The van der Waals surface area contributed by atoms with E-state index in [1.165, 1.54) is 7.05 Å². The highest BCUT2D eigenvalue weighted by molar-refractivity contribution is 8.00. The summed E-state index contributed by atoms with van der Waals surface area (Å²) in [6.45, 7) is 3.84. The number of carbonyl (C=O) groups is 1. The van der Waals surface area contributed by atoms with Crippen molar-refractivity contribution in [3.05, 3.63) is 71.0 Å². The van der Waals surface area contributed by atoms with E-state index in [9.17, 15) is 18.0 Å². The molecule has 5 nitrogen and oxygen atoms in total. The molecule has 152 valence electrons. The van der Waals surface area contributed by atoms with Crippen LogP contribution in [0.1, 0.15) is 27.8 Å². The van der Waals surface area contributed by atoms with Gasteiger partial charge in [0.2, 0.25) is 11.7 Å². The molecule has 1 heterocycles. The number of hydrogen-bond acceptors (Lipinski definition) is 4. The Bertz CT molecular complexity index is 998. The molecule has 2 aromatic carbocycles. The molecule has 1 atom stereocenters. The maximum Gasteiger partial charge on any atom is 0.451 e. The predicted molar refractivity (Wildman–Crippen MR) is 106 cm³/mol. The third-order valence-electron chi connectivity index (χ3n) is 4.14. The molecule has 0 spiro atoms. The number of thioether (sulfide) groups is 1. The molecule has 0 aliphatic carbocycles. The Morgan fingerprint density at radius 1 is 1.07 bits per heavy atom. The quantitative estimate of drug-likeness (QED) is 0.595. The molecule has 0 bridgehead atoms. The van der Waals surface area contributed by atoms with Crippen molar-refractivity contribution in [1.29, 1.82) is 0 Å². The van der Waals surface area contributed by atoms with E-state index >= 15 is 0 Å². The van der Waals surface area contributed by atoms with Gasteiger partial charge in [-0.1, -0.05) is 48.2 Å². The molecule has 3 rings (SSSR count). The number of rotatable bonds is 5. The van der Waals surface area contributed by atoms with Gasteiger partial charge in [-0.25, -0.2) is 0 Å².